The molecular formula is C20H32O2. The second kappa shape index (κ2) is 6.72. The summed E-state index contributed by atoms with van der Waals surface area (Å²) in [5, 5.41) is 22.0. The third-order valence-corrected chi connectivity index (χ3v) is 5.74. The number of allylic oxidation sites excluding steroid dienone is 4. The summed E-state index contributed by atoms with van der Waals surface area (Å²) >= 11 is 0. The maximum Gasteiger partial charge on any atom is 0.0675 e. The predicted molar refractivity (Wildman–Crippen MR) is 92.5 cm³/mol. The van der Waals surface area contributed by atoms with E-state index in [9.17, 15) is 10.2 Å². The van der Waals surface area contributed by atoms with Gasteiger partial charge in [-0.2, -0.15) is 0 Å². The van der Waals surface area contributed by atoms with Crippen LogP contribution in [0.4, 0.5) is 0 Å². The van der Waals surface area contributed by atoms with Crippen molar-refractivity contribution in [1.82, 2.24) is 0 Å². The smallest absolute Gasteiger partial charge is 0.0675 e. The largest absolute Gasteiger partial charge is 0.392 e. The van der Waals surface area contributed by atoms with Gasteiger partial charge in [-0.25, -0.2) is 0 Å². The first-order chi connectivity index (χ1) is 10.2. The molecule has 1 unspecified atom stereocenters. The lowest BCUT2D eigenvalue weighted by molar-refractivity contribution is -0.0793. The number of hydrogen-bond donors (Lipinski definition) is 2. The molecule has 0 saturated heterocycles. The van der Waals surface area contributed by atoms with Gasteiger partial charge in [0.2, 0.25) is 0 Å². The van der Waals surface area contributed by atoms with Gasteiger partial charge in [-0.3, -0.25) is 0 Å². The fourth-order valence-corrected chi connectivity index (χ4v) is 4.31. The number of aliphatic hydroxyl groups excluding tert-OH is 1. The van der Waals surface area contributed by atoms with E-state index >= 15 is 0 Å². The van der Waals surface area contributed by atoms with Crippen LogP contribution in [0.2, 0.25) is 0 Å². The lowest BCUT2D eigenvalue weighted by Crippen LogP contribution is -2.45. The zero-order valence-corrected chi connectivity index (χ0v) is 14.6. The Morgan fingerprint density at radius 1 is 1.45 bits per heavy atom. The molecule has 0 radical (unpaired) electrons. The summed E-state index contributed by atoms with van der Waals surface area (Å²) in [6.45, 7) is 12.4. The molecule has 0 aromatic heterocycles. The van der Waals surface area contributed by atoms with Gasteiger partial charge in [0.05, 0.1) is 11.7 Å². The van der Waals surface area contributed by atoms with E-state index in [1.807, 2.05) is 6.92 Å². The zero-order valence-electron chi connectivity index (χ0n) is 14.6. The highest BCUT2D eigenvalue weighted by molar-refractivity contribution is 5.25. The minimum atomic E-state index is -0.830. The highest BCUT2D eigenvalue weighted by Crippen LogP contribution is 2.48. The second-order valence-electron chi connectivity index (χ2n) is 7.79. The molecule has 0 aliphatic heterocycles. The third kappa shape index (κ3) is 3.55. The molecule has 2 aliphatic rings. The molecule has 0 spiro atoms. The molecule has 1 fully saturated rings. The first kappa shape index (κ1) is 17.5. The van der Waals surface area contributed by atoms with Crippen LogP contribution >= 0.6 is 0 Å². The maximum atomic E-state index is 11.0. The van der Waals surface area contributed by atoms with Crippen molar-refractivity contribution in [3.8, 4) is 0 Å². The summed E-state index contributed by atoms with van der Waals surface area (Å²) in [5.74, 6) is 0.440. The van der Waals surface area contributed by atoms with Gasteiger partial charge in [-0.1, -0.05) is 35.5 Å². The molecule has 124 valence electrons. The quantitative estimate of drug-likeness (QED) is 0.756. The van der Waals surface area contributed by atoms with Gasteiger partial charge in [0.15, 0.2) is 0 Å². The Kier molecular flexibility index (Phi) is 5.34. The second-order valence-corrected chi connectivity index (χ2v) is 7.79. The molecule has 0 aromatic carbocycles. The van der Waals surface area contributed by atoms with E-state index in [1.54, 1.807) is 0 Å². The summed E-state index contributed by atoms with van der Waals surface area (Å²) in [6.07, 6.45) is 8.26. The Labute approximate surface area is 135 Å². The van der Waals surface area contributed by atoms with E-state index in [-0.39, 0.29) is 11.8 Å². The molecule has 2 N–H and O–H groups in total. The van der Waals surface area contributed by atoms with Gasteiger partial charge >= 0.3 is 0 Å². The van der Waals surface area contributed by atoms with Crippen molar-refractivity contribution in [2.24, 2.45) is 17.8 Å². The first-order valence-electron chi connectivity index (χ1n) is 8.62. The van der Waals surface area contributed by atoms with Crippen molar-refractivity contribution in [2.45, 2.75) is 71.5 Å². The molecule has 0 amide bonds. The molecule has 2 aliphatic carbocycles. The van der Waals surface area contributed by atoms with E-state index < -0.39 is 11.7 Å². The minimum absolute atomic E-state index is 0.0775. The van der Waals surface area contributed by atoms with E-state index in [1.165, 1.54) is 16.7 Å². The van der Waals surface area contributed by atoms with Crippen LogP contribution in [0, 0.1) is 17.8 Å². The number of hydrogen-bond acceptors (Lipinski definition) is 2. The Hall–Kier alpha value is -0.860. The van der Waals surface area contributed by atoms with Gasteiger partial charge in [-0.05, 0) is 65.7 Å². The van der Waals surface area contributed by atoms with E-state index in [4.69, 9.17) is 0 Å². The Morgan fingerprint density at radius 2 is 2.14 bits per heavy atom. The van der Waals surface area contributed by atoms with Gasteiger partial charge < -0.3 is 10.2 Å². The van der Waals surface area contributed by atoms with Gasteiger partial charge in [-0.15, -0.1) is 0 Å². The summed E-state index contributed by atoms with van der Waals surface area (Å²) in [4.78, 5) is 0. The average Bonchev–Trinajstić information content (AvgIpc) is 2.73. The zero-order chi connectivity index (χ0) is 16.5. The molecule has 0 bridgehead atoms. The number of aliphatic hydroxyl groups is 2. The van der Waals surface area contributed by atoms with Crippen molar-refractivity contribution in [3.05, 3.63) is 35.5 Å². The lowest BCUT2D eigenvalue weighted by Gasteiger charge is -2.38. The fraction of sp³-hybridized carbons (Fsp3) is 0.700. The Balaban J connectivity index is 2.17. The van der Waals surface area contributed by atoms with Crippen molar-refractivity contribution < 1.29 is 10.2 Å². The SMILES string of the molecule is C=C1CC[C@@H](C(C)(O)CCC=C(C)C)[C@@H](O)[C@@H]2C(C)=CC[C@@H]12. The molecule has 1 saturated carbocycles. The van der Waals surface area contributed by atoms with Crippen LogP contribution < -0.4 is 0 Å². The Morgan fingerprint density at radius 3 is 2.77 bits per heavy atom. The molecule has 2 heteroatoms. The molecule has 5 atom stereocenters. The van der Waals surface area contributed by atoms with Gasteiger partial charge in [0, 0.05) is 11.8 Å². The highest BCUT2D eigenvalue weighted by Gasteiger charge is 2.46. The minimum Gasteiger partial charge on any atom is -0.392 e. The number of fused-ring (bicyclic) bond motifs is 1. The molecular weight excluding hydrogens is 272 g/mol. The summed E-state index contributed by atoms with van der Waals surface area (Å²) < 4.78 is 0. The normalized spacial score (nSPS) is 34.5. The van der Waals surface area contributed by atoms with Crippen LogP contribution in [0.15, 0.2) is 35.5 Å². The molecule has 2 nitrogen and oxygen atoms in total. The fourth-order valence-electron chi connectivity index (χ4n) is 4.31. The number of rotatable bonds is 4. The standard InChI is InChI=1S/C20H32O2/c1-13(2)7-6-12-20(5,22)17-11-9-14(3)16-10-8-15(4)18(16)19(17)21/h7-8,16-19,21-22H,3,6,9-12H2,1-2,4-5H3/t16-,17+,18+,19+,20?/m0/s1. The lowest BCUT2D eigenvalue weighted by atomic mass is 9.74. The van der Waals surface area contributed by atoms with Crippen LogP contribution in [0.5, 0.6) is 0 Å². The third-order valence-electron chi connectivity index (χ3n) is 5.74. The maximum absolute atomic E-state index is 11.0. The summed E-state index contributed by atoms with van der Waals surface area (Å²) in [6, 6.07) is 0. The molecule has 0 aromatic rings. The first-order valence-corrected chi connectivity index (χ1v) is 8.62. The van der Waals surface area contributed by atoms with E-state index in [2.05, 4.69) is 39.5 Å². The predicted octanol–water partition coefficient (Wildman–Crippen LogP) is 4.39. The highest BCUT2D eigenvalue weighted by atomic mass is 16.3. The van der Waals surface area contributed by atoms with Crippen LogP contribution in [-0.4, -0.2) is 21.9 Å². The molecule has 0 heterocycles. The monoisotopic (exact) mass is 304 g/mol. The van der Waals surface area contributed by atoms with E-state index in [0.717, 1.165) is 25.7 Å². The van der Waals surface area contributed by atoms with Gasteiger partial charge in [0.1, 0.15) is 0 Å². The van der Waals surface area contributed by atoms with E-state index in [0.29, 0.717) is 12.3 Å². The van der Waals surface area contributed by atoms with Crippen molar-refractivity contribution in [3.63, 3.8) is 0 Å². The van der Waals surface area contributed by atoms with Crippen molar-refractivity contribution in [1.29, 1.82) is 0 Å². The van der Waals surface area contributed by atoms with Crippen molar-refractivity contribution >= 4 is 0 Å². The van der Waals surface area contributed by atoms with Crippen LogP contribution in [0.1, 0.15) is 59.8 Å². The van der Waals surface area contributed by atoms with Crippen LogP contribution in [-0.2, 0) is 0 Å². The topological polar surface area (TPSA) is 40.5 Å². The van der Waals surface area contributed by atoms with Gasteiger partial charge in [0.25, 0.3) is 0 Å². The Bertz CT molecular complexity index is 480. The molecule has 2 rings (SSSR count). The van der Waals surface area contributed by atoms with Crippen LogP contribution in [0.25, 0.3) is 0 Å². The van der Waals surface area contributed by atoms with Crippen molar-refractivity contribution in [2.75, 3.05) is 0 Å². The van der Waals surface area contributed by atoms with Crippen LogP contribution in [0.3, 0.4) is 0 Å². The average molecular weight is 304 g/mol. The summed E-state index contributed by atoms with van der Waals surface area (Å²) in [7, 11) is 0. The molecule has 22 heavy (non-hydrogen) atoms. The summed E-state index contributed by atoms with van der Waals surface area (Å²) in [5.41, 5.74) is 2.97.